The molecule has 0 spiro atoms. The SMILES string of the molecule is COc1ccc(OC)c(-c2cc(-c3ccccc3)nc3sc(C(=O)Nc4nc(-c5ccc(F)cc5)cs4)c(N)c23)c1. The average Bonchev–Trinajstić information content (AvgIpc) is 3.61. The van der Waals surface area contributed by atoms with Crippen LogP contribution in [-0.2, 0) is 0 Å². The Labute approximate surface area is 243 Å². The molecule has 6 aromatic rings. The van der Waals surface area contributed by atoms with Gasteiger partial charge in [-0.25, -0.2) is 14.4 Å². The minimum atomic E-state index is -0.393. The lowest BCUT2D eigenvalue weighted by Gasteiger charge is -2.13. The van der Waals surface area contributed by atoms with E-state index in [1.54, 1.807) is 31.7 Å². The molecule has 3 N–H and O–H groups in total. The molecule has 0 atom stereocenters. The zero-order valence-electron chi connectivity index (χ0n) is 22.0. The van der Waals surface area contributed by atoms with Gasteiger partial charge in [0, 0.05) is 33.0 Å². The summed E-state index contributed by atoms with van der Waals surface area (Å²) in [6, 6.07) is 23.3. The molecule has 1 amide bonds. The van der Waals surface area contributed by atoms with Crippen LogP contribution in [0, 0.1) is 5.82 Å². The smallest absolute Gasteiger partial charge is 0.269 e. The fourth-order valence-electron chi connectivity index (χ4n) is 4.52. The summed E-state index contributed by atoms with van der Waals surface area (Å²) in [7, 11) is 3.20. The van der Waals surface area contributed by atoms with Crippen molar-refractivity contribution in [3.8, 4) is 45.1 Å². The maximum absolute atomic E-state index is 13.5. The maximum Gasteiger partial charge on any atom is 0.269 e. The number of nitrogens with zero attached hydrogens (tertiary/aromatic N) is 2. The number of benzene rings is 3. The number of hydrogen-bond donors (Lipinski definition) is 2. The summed E-state index contributed by atoms with van der Waals surface area (Å²) in [5, 5.41) is 5.72. The Morgan fingerprint density at radius 1 is 0.878 bits per heavy atom. The fraction of sp³-hybridized carbons (Fsp3) is 0.0645. The third-order valence-corrected chi connectivity index (χ3v) is 8.39. The number of thiazole rings is 1. The van der Waals surface area contributed by atoms with Gasteiger partial charge in [0.05, 0.1) is 31.3 Å². The number of pyridine rings is 1. The molecule has 0 aliphatic carbocycles. The number of nitrogens with two attached hydrogens (primary N) is 1. The molecular weight excluding hydrogens is 559 g/mol. The number of anilines is 2. The lowest BCUT2D eigenvalue weighted by Crippen LogP contribution is -2.11. The van der Waals surface area contributed by atoms with Crippen molar-refractivity contribution < 1.29 is 18.7 Å². The van der Waals surface area contributed by atoms with Crippen LogP contribution in [0.3, 0.4) is 0 Å². The van der Waals surface area contributed by atoms with Gasteiger partial charge in [0.2, 0.25) is 0 Å². The van der Waals surface area contributed by atoms with Crippen molar-refractivity contribution in [3.63, 3.8) is 0 Å². The molecule has 0 saturated heterocycles. The van der Waals surface area contributed by atoms with Crippen molar-refractivity contribution in [2.75, 3.05) is 25.3 Å². The number of nitrogens with one attached hydrogen (secondary N) is 1. The number of ether oxygens (including phenoxy) is 2. The molecule has 0 aliphatic heterocycles. The van der Waals surface area contributed by atoms with Gasteiger partial charge in [0.25, 0.3) is 5.91 Å². The predicted molar refractivity (Wildman–Crippen MR) is 163 cm³/mol. The Bertz CT molecular complexity index is 1890. The highest BCUT2D eigenvalue weighted by Gasteiger charge is 2.24. The molecule has 0 saturated carbocycles. The maximum atomic E-state index is 13.5. The largest absolute Gasteiger partial charge is 0.497 e. The van der Waals surface area contributed by atoms with Crippen LogP contribution in [0.25, 0.3) is 43.9 Å². The number of thiophene rings is 1. The standard InChI is InChI=1S/C31H23FN4O3S2/c1-38-20-12-13-25(39-2)21(14-20)22-15-23(17-6-4-3-5-7-17)34-30-26(22)27(33)28(41-30)29(37)36-31-35-24(16-40-31)18-8-10-19(32)11-9-18/h3-16H,33H2,1-2H3,(H,35,36,37). The molecule has 10 heteroatoms. The van der Waals surface area contributed by atoms with Gasteiger partial charge in [0.1, 0.15) is 27.0 Å². The van der Waals surface area contributed by atoms with Crippen molar-refractivity contribution >= 4 is 49.6 Å². The quantitative estimate of drug-likeness (QED) is 0.200. The van der Waals surface area contributed by atoms with Gasteiger partial charge in [-0.15, -0.1) is 22.7 Å². The van der Waals surface area contributed by atoms with Gasteiger partial charge in [-0.2, -0.15) is 0 Å². The van der Waals surface area contributed by atoms with Crippen molar-refractivity contribution in [1.29, 1.82) is 0 Å². The second-order valence-corrected chi connectivity index (χ2v) is 10.9. The number of hydrogen-bond acceptors (Lipinski definition) is 8. The fourth-order valence-corrected chi connectivity index (χ4v) is 6.25. The normalized spacial score (nSPS) is 11.0. The van der Waals surface area contributed by atoms with Crippen LogP contribution < -0.4 is 20.5 Å². The topological polar surface area (TPSA) is 99.4 Å². The van der Waals surface area contributed by atoms with Crippen LogP contribution in [0.5, 0.6) is 11.5 Å². The second-order valence-electron chi connectivity index (χ2n) is 9.01. The van der Waals surface area contributed by atoms with E-state index >= 15 is 0 Å². The third kappa shape index (κ3) is 5.10. The first-order valence-electron chi connectivity index (χ1n) is 12.5. The highest BCUT2D eigenvalue weighted by Crippen LogP contribution is 2.45. The summed E-state index contributed by atoms with van der Waals surface area (Å²) < 4.78 is 24.5. The summed E-state index contributed by atoms with van der Waals surface area (Å²) >= 11 is 2.49. The first-order valence-corrected chi connectivity index (χ1v) is 14.2. The van der Waals surface area contributed by atoms with Crippen molar-refractivity contribution in [3.05, 3.63) is 94.9 Å². The highest BCUT2D eigenvalue weighted by molar-refractivity contribution is 7.21. The summed E-state index contributed by atoms with van der Waals surface area (Å²) in [4.78, 5) is 23.8. The lowest BCUT2D eigenvalue weighted by molar-refractivity contribution is 0.103. The van der Waals surface area contributed by atoms with E-state index < -0.39 is 5.91 Å². The number of methoxy groups -OCH3 is 2. The molecule has 0 aliphatic rings. The van der Waals surface area contributed by atoms with Crippen LogP contribution in [-0.4, -0.2) is 30.1 Å². The first kappa shape index (κ1) is 26.4. The van der Waals surface area contributed by atoms with Gasteiger partial charge in [0.15, 0.2) is 5.13 Å². The molecule has 204 valence electrons. The van der Waals surface area contributed by atoms with Crippen LogP contribution in [0.15, 0.2) is 84.2 Å². The number of fused-ring (bicyclic) bond motifs is 1. The Hall–Kier alpha value is -4.80. The van der Waals surface area contributed by atoms with E-state index in [0.717, 1.165) is 27.9 Å². The molecular formula is C31H23FN4O3S2. The van der Waals surface area contributed by atoms with E-state index in [1.165, 1.54) is 34.8 Å². The van der Waals surface area contributed by atoms with Gasteiger partial charge in [-0.1, -0.05) is 30.3 Å². The van der Waals surface area contributed by atoms with Crippen molar-refractivity contribution in [2.45, 2.75) is 0 Å². The molecule has 3 aromatic heterocycles. The van der Waals surface area contributed by atoms with Crippen molar-refractivity contribution in [2.24, 2.45) is 0 Å². The predicted octanol–water partition coefficient (Wildman–Crippen LogP) is 7.74. The zero-order valence-corrected chi connectivity index (χ0v) is 23.6. The molecule has 41 heavy (non-hydrogen) atoms. The summed E-state index contributed by atoms with van der Waals surface area (Å²) in [6.45, 7) is 0. The third-order valence-electron chi connectivity index (χ3n) is 6.54. The monoisotopic (exact) mass is 582 g/mol. The van der Waals surface area contributed by atoms with E-state index in [-0.39, 0.29) is 5.82 Å². The van der Waals surface area contributed by atoms with Gasteiger partial charge in [-0.05, 0) is 48.5 Å². The van der Waals surface area contributed by atoms with E-state index in [0.29, 0.717) is 43.1 Å². The lowest BCUT2D eigenvalue weighted by atomic mass is 9.98. The number of aromatic nitrogens is 2. The van der Waals surface area contributed by atoms with Crippen LogP contribution in [0.1, 0.15) is 9.67 Å². The number of halogens is 1. The number of rotatable bonds is 7. The van der Waals surface area contributed by atoms with E-state index in [2.05, 4.69) is 10.3 Å². The van der Waals surface area contributed by atoms with Gasteiger partial charge < -0.3 is 15.2 Å². The number of carbonyl (C=O) groups is 1. The second kappa shape index (κ2) is 11.0. The molecule has 0 radical (unpaired) electrons. The summed E-state index contributed by atoms with van der Waals surface area (Å²) in [5.41, 5.74) is 11.6. The highest BCUT2D eigenvalue weighted by atomic mass is 32.1. The average molecular weight is 583 g/mol. The number of amides is 1. The molecule has 0 bridgehead atoms. The zero-order chi connectivity index (χ0) is 28.5. The Balaban J connectivity index is 1.45. The Morgan fingerprint density at radius 3 is 2.37 bits per heavy atom. The Morgan fingerprint density at radius 2 is 1.63 bits per heavy atom. The van der Waals surface area contributed by atoms with Crippen molar-refractivity contribution in [1.82, 2.24) is 9.97 Å². The molecule has 3 aromatic carbocycles. The number of carbonyl (C=O) groups excluding carboxylic acids is 1. The van der Waals surface area contributed by atoms with E-state index in [4.69, 9.17) is 20.2 Å². The molecule has 0 fully saturated rings. The molecule has 7 nitrogen and oxygen atoms in total. The van der Waals surface area contributed by atoms with Gasteiger partial charge >= 0.3 is 0 Å². The van der Waals surface area contributed by atoms with Crippen LogP contribution in [0.4, 0.5) is 15.2 Å². The summed E-state index contributed by atoms with van der Waals surface area (Å²) in [5.74, 6) is 0.563. The van der Waals surface area contributed by atoms with Crippen LogP contribution in [0.2, 0.25) is 0 Å². The van der Waals surface area contributed by atoms with E-state index in [9.17, 15) is 9.18 Å². The van der Waals surface area contributed by atoms with E-state index in [1.807, 2.05) is 54.6 Å². The van der Waals surface area contributed by atoms with Crippen LogP contribution >= 0.6 is 22.7 Å². The molecule has 3 heterocycles. The molecule has 6 rings (SSSR count). The molecule has 0 unspecified atom stereocenters. The minimum absolute atomic E-state index is 0.310. The first-order chi connectivity index (χ1) is 19.9. The van der Waals surface area contributed by atoms with Gasteiger partial charge in [-0.3, -0.25) is 10.1 Å². The summed E-state index contributed by atoms with van der Waals surface area (Å²) in [6.07, 6.45) is 0. The number of nitrogen functional groups attached to an aromatic ring is 1. The minimum Gasteiger partial charge on any atom is -0.497 e. The Kier molecular flexibility index (Phi) is 7.08.